The molecular weight excluding hydrogens is 232 g/mol. The van der Waals surface area contributed by atoms with E-state index < -0.39 is 9.06 Å². The van der Waals surface area contributed by atoms with Crippen molar-refractivity contribution in [2.75, 3.05) is 6.26 Å². The number of thiocyanates is 1. The zero-order chi connectivity index (χ0) is 10.2. The number of fused-ring (bicyclic) bond motifs is 1. The predicted octanol–water partition coefficient (Wildman–Crippen LogP) is 3.42. The number of benzene rings is 1. The third-order valence-corrected chi connectivity index (χ3v) is 6.13. The first-order chi connectivity index (χ1) is 6.63. The Morgan fingerprint density at radius 2 is 2.21 bits per heavy atom. The van der Waals surface area contributed by atoms with E-state index in [0.717, 1.165) is 14.6 Å². The summed E-state index contributed by atoms with van der Waals surface area (Å²) in [5.41, 5.74) is 0.954. The fraction of sp³-hybridized carbons (Fsp3) is 0.111. The molecule has 0 amide bonds. The average Bonchev–Trinajstić information content (AvgIpc) is 2.61. The van der Waals surface area contributed by atoms with Crippen LogP contribution in [0.4, 0.5) is 0 Å². The molecule has 72 valence electrons. The Labute approximate surface area is 92.7 Å². The van der Waals surface area contributed by atoms with Crippen molar-refractivity contribution in [2.24, 2.45) is 0 Å². The van der Waals surface area contributed by atoms with Gasteiger partial charge in [0.1, 0.15) is 5.40 Å². The average molecular weight is 240 g/mol. The number of nitriles is 1. The minimum atomic E-state index is -1.65. The number of para-hydroxylation sites is 1. The maximum Gasteiger partial charge on any atom is 0.154 e. The maximum atomic E-state index is 8.95. The molecule has 1 aromatic carbocycles. The molecule has 0 radical (unpaired) electrons. The molecule has 1 atom stereocenters. The van der Waals surface area contributed by atoms with Crippen molar-refractivity contribution in [3.05, 3.63) is 24.3 Å². The van der Waals surface area contributed by atoms with Gasteiger partial charge in [0.15, 0.2) is 4.34 Å². The van der Waals surface area contributed by atoms with Crippen molar-refractivity contribution in [3.63, 3.8) is 0 Å². The topological polar surface area (TPSA) is 36.7 Å². The van der Waals surface area contributed by atoms with Gasteiger partial charge in [0.25, 0.3) is 0 Å². The number of thiol groups is 1. The molecule has 0 aliphatic carbocycles. The first-order valence-electron chi connectivity index (χ1n) is 3.91. The molecular formula is C9H8N2S3. The molecule has 0 saturated heterocycles. The number of aromatic nitrogens is 1. The van der Waals surface area contributed by atoms with Gasteiger partial charge in [-0.15, -0.1) is 23.0 Å². The zero-order valence-corrected chi connectivity index (χ0v) is 9.99. The van der Waals surface area contributed by atoms with Crippen LogP contribution in [-0.2, 0) is 0 Å². The lowest BCUT2D eigenvalue weighted by Crippen LogP contribution is -1.83. The summed E-state index contributed by atoms with van der Waals surface area (Å²) in [7, 11) is -1.65. The SMILES string of the molecule is CS(S)(C#N)c1nc2ccccc2s1. The van der Waals surface area contributed by atoms with Crippen LogP contribution in [0.3, 0.4) is 0 Å². The van der Waals surface area contributed by atoms with Crippen molar-refractivity contribution >= 4 is 42.3 Å². The second-order valence-corrected chi connectivity index (χ2v) is 8.71. The Bertz CT molecular complexity index is 477. The zero-order valence-electron chi connectivity index (χ0n) is 7.47. The molecule has 1 heterocycles. The highest BCUT2D eigenvalue weighted by atomic mass is 33.1. The molecule has 0 aliphatic rings. The van der Waals surface area contributed by atoms with E-state index in [1.807, 2.05) is 30.5 Å². The van der Waals surface area contributed by atoms with Crippen molar-refractivity contribution in [1.82, 2.24) is 4.98 Å². The normalized spacial score (nSPS) is 17.2. The lowest BCUT2D eigenvalue weighted by Gasteiger charge is -2.14. The molecule has 0 saturated carbocycles. The molecule has 2 aromatic rings. The molecule has 0 aliphatic heterocycles. The van der Waals surface area contributed by atoms with Crippen LogP contribution in [0.25, 0.3) is 10.2 Å². The van der Waals surface area contributed by atoms with Crippen LogP contribution in [0.2, 0.25) is 0 Å². The van der Waals surface area contributed by atoms with Crippen LogP contribution < -0.4 is 0 Å². The van der Waals surface area contributed by atoms with E-state index in [-0.39, 0.29) is 0 Å². The number of nitrogens with zero attached hydrogens (tertiary/aromatic N) is 2. The number of hydrogen-bond acceptors (Lipinski definition) is 4. The summed E-state index contributed by atoms with van der Waals surface area (Å²) in [6, 6.07) is 7.89. The number of rotatable bonds is 1. The fourth-order valence-electron chi connectivity index (χ4n) is 1.06. The third-order valence-electron chi connectivity index (χ3n) is 1.79. The molecule has 5 heteroatoms. The van der Waals surface area contributed by atoms with Crippen LogP contribution >= 0.6 is 32.1 Å². The third kappa shape index (κ3) is 1.61. The van der Waals surface area contributed by atoms with Gasteiger partial charge in [-0.25, -0.2) is 4.98 Å². The van der Waals surface area contributed by atoms with Gasteiger partial charge in [-0.2, -0.15) is 5.26 Å². The monoisotopic (exact) mass is 240 g/mol. The van der Waals surface area contributed by atoms with Crippen LogP contribution in [-0.4, -0.2) is 11.2 Å². The first kappa shape index (κ1) is 9.84. The Morgan fingerprint density at radius 1 is 1.50 bits per heavy atom. The Hall–Kier alpha value is -0.700. The van der Waals surface area contributed by atoms with Gasteiger partial charge in [0.2, 0.25) is 0 Å². The van der Waals surface area contributed by atoms with E-state index in [9.17, 15) is 0 Å². The molecule has 0 N–H and O–H groups in total. The molecule has 1 unspecified atom stereocenters. The smallest absolute Gasteiger partial charge is 0.154 e. The Morgan fingerprint density at radius 3 is 2.86 bits per heavy atom. The Kier molecular flexibility index (Phi) is 2.43. The summed E-state index contributed by atoms with van der Waals surface area (Å²) in [6.45, 7) is 0. The summed E-state index contributed by atoms with van der Waals surface area (Å²) >= 11 is 5.91. The fourth-order valence-corrected chi connectivity index (χ4v) is 3.60. The van der Waals surface area contributed by atoms with Crippen LogP contribution in [0.1, 0.15) is 0 Å². The van der Waals surface area contributed by atoms with Gasteiger partial charge in [0.05, 0.1) is 10.2 Å². The summed E-state index contributed by atoms with van der Waals surface area (Å²) in [5.74, 6) is 0. The highest BCUT2D eigenvalue weighted by molar-refractivity contribution is 8.90. The van der Waals surface area contributed by atoms with Crippen molar-refractivity contribution in [3.8, 4) is 5.40 Å². The van der Waals surface area contributed by atoms with Gasteiger partial charge < -0.3 is 0 Å². The minimum Gasteiger partial charge on any atom is -0.229 e. The lowest BCUT2D eigenvalue weighted by atomic mass is 10.3. The van der Waals surface area contributed by atoms with Gasteiger partial charge in [-0.3, -0.25) is 0 Å². The summed E-state index contributed by atoms with van der Waals surface area (Å²) < 4.78 is 1.95. The van der Waals surface area contributed by atoms with Gasteiger partial charge in [0, 0.05) is 0 Å². The second kappa shape index (κ2) is 3.46. The van der Waals surface area contributed by atoms with Crippen molar-refractivity contribution in [1.29, 1.82) is 5.26 Å². The lowest BCUT2D eigenvalue weighted by molar-refractivity contribution is 1.30. The van der Waals surface area contributed by atoms with E-state index in [4.69, 9.17) is 5.26 Å². The van der Waals surface area contributed by atoms with E-state index in [1.54, 1.807) is 11.3 Å². The van der Waals surface area contributed by atoms with Crippen LogP contribution in [0.15, 0.2) is 28.6 Å². The summed E-state index contributed by atoms with van der Waals surface area (Å²) in [6.07, 6.45) is 1.84. The second-order valence-electron chi connectivity index (χ2n) is 2.91. The Balaban J connectivity index is 2.62. The minimum absolute atomic E-state index is 0.838. The van der Waals surface area contributed by atoms with Gasteiger partial charge in [-0.1, -0.05) is 21.2 Å². The summed E-state index contributed by atoms with van der Waals surface area (Å²) in [4.78, 5) is 4.41. The van der Waals surface area contributed by atoms with Gasteiger partial charge >= 0.3 is 0 Å². The predicted molar refractivity (Wildman–Crippen MR) is 66.0 cm³/mol. The van der Waals surface area contributed by atoms with Crippen molar-refractivity contribution < 1.29 is 0 Å². The molecule has 2 nitrogen and oxygen atoms in total. The van der Waals surface area contributed by atoms with Gasteiger partial charge in [-0.05, 0) is 18.4 Å². The molecule has 1 aromatic heterocycles. The molecule has 0 fully saturated rings. The van der Waals surface area contributed by atoms with E-state index >= 15 is 0 Å². The quantitative estimate of drug-likeness (QED) is 0.471. The van der Waals surface area contributed by atoms with E-state index in [2.05, 4.69) is 22.0 Å². The highest BCUT2D eigenvalue weighted by Crippen LogP contribution is 2.57. The standard InChI is InChI=1S/C9H8N2S3/c1-14(12,6-10)9-11-7-4-2-3-5-8(7)13-9/h2-5,12H,1H3. The number of hydrogen-bond donors (Lipinski definition) is 1. The highest BCUT2D eigenvalue weighted by Gasteiger charge is 2.19. The van der Waals surface area contributed by atoms with E-state index in [0.29, 0.717) is 0 Å². The molecule has 0 bridgehead atoms. The molecule has 14 heavy (non-hydrogen) atoms. The van der Waals surface area contributed by atoms with Crippen LogP contribution in [0.5, 0.6) is 0 Å². The number of thiazole rings is 1. The molecule has 2 rings (SSSR count). The van der Waals surface area contributed by atoms with E-state index in [1.165, 1.54) is 0 Å². The van der Waals surface area contributed by atoms with Crippen LogP contribution in [0, 0.1) is 10.7 Å². The largest absolute Gasteiger partial charge is 0.229 e. The molecule has 0 spiro atoms. The van der Waals surface area contributed by atoms with Crippen molar-refractivity contribution in [2.45, 2.75) is 4.34 Å². The first-order valence-corrected chi connectivity index (χ1v) is 7.82. The summed E-state index contributed by atoms with van der Waals surface area (Å²) in [5, 5.41) is 11.2. The maximum absolute atomic E-state index is 8.95.